The van der Waals surface area contributed by atoms with E-state index in [1.165, 1.54) is 0 Å². The number of aryl methyl sites for hydroxylation is 1. The van der Waals surface area contributed by atoms with E-state index in [4.69, 9.17) is 0 Å². The van der Waals surface area contributed by atoms with Gasteiger partial charge in [-0.25, -0.2) is 0 Å². The molecule has 1 aromatic carbocycles. The molecule has 21 heavy (non-hydrogen) atoms. The van der Waals surface area contributed by atoms with Gasteiger partial charge in [-0.1, -0.05) is 44.2 Å². The summed E-state index contributed by atoms with van der Waals surface area (Å²) in [4.78, 5) is 12.0. The largest absolute Gasteiger partial charge is 0.294 e. The van der Waals surface area contributed by atoms with Gasteiger partial charge in [0, 0.05) is 18.2 Å². The van der Waals surface area contributed by atoms with Crippen molar-refractivity contribution in [2.24, 2.45) is 0 Å². The summed E-state index contributed by atoms with van der Waals surface area (Å²) in [6, 6.07) is 12.1. The number of rotatable bonds is 8. The number of ketones is 1. The first kappa shape index (κ1) is 15.5. The Balaban J connectivity index is 1.83. The van der Waals surface area contributed by atoms with Crippen molar-refractivity contribution < 1.29 is 4.79 Å². The van der Waals surface area contributed by atoms with E-state index in [9.17, 15) is 4.79 Å². The van der Waals surface area contributed by atoms with Crippen LogP contribution in [-0.4, -0.2) is 15.6 Å². The fourth-order valence-corrected chi connectivity index (χ4v) is 2.58. The van der Waals surface area contributed by atoms with E-state index >= 15 is 0 Å². The fourth-order valence-electron chi connectivity index (χ4n) is 2.58. The quantitative estimate of drug-likeness (QED) is 0.671. The molecule has 0 aliphatic carbocycles. The van der Waals surface area contributed by atoms with E-state index in [2.05, 4.69) is 35.9 Å². The standard InChI is InChI=1S/C18H24N2O/c1-3-17(4-2)20-14-13-16(19-20)11-8-12-18(21)15-9-6-5-7-10-15/h5-7,9-10,13-14,17H,3-4,8,11-12H2,1-2H3. The maximum Gasteiger partial charge on any atom is 0.162 e. The lowest BCUT2D eigenvalue weighted by atomic mass is 10.1. The van der Waals surface area contributed by atoms with Crippen LogP contribution in [0.3, 0.4) is 0 Å². The van der Waals surface area contributed by atoms with Crippen LogP contribution < -0.4 is 0 Å². The molecule has 0 N–H and O–H groups in total. The van der Waals surface area contributed by atoms with Gasteiger partial charge in [0.1, 0.15) is 0 Å². The Labute approximate surface area is 127 Å². The number of benzene rings is 1. The molecule has 0 atom stereocenters. The Morgan fingerprint density at radius 3 is 2.52 bits per heavy atom. The molecule has 0 amide bonds. The van der Waals surface area contributed by atoms with Gasteiger partial charge in [-0.2, -0.15) is 5.10 Å². The second kappa shape index (κ2) is 7.77. The third kappa shape index (κ3) is 4.28. The van der Waals surface area contributed by atoms with Crippen LogP contribution in [0.2, 0.25) is 0 Å². The maximum absolute atomic E-state index is 12.0. The third-order valence-electron chi connectivity index (χ3n) is 3.91. The highest BCUT2D eigenvalue weighted by molar-refractivity contribution is 5.95. The monoisotopic (exact) mass is 284 g/mol. The molecule has 112 valence electrons. The van der Waals surface area contributed by atoms with Crippen molar-refractivity contribution in [2.75, 3.05) is 0 Å². The minimum absolute atomic E-state index is 0.218. The van der Waals surface area contributed by atoms with Gasteiger partial charge in [0.25, 0.3) is 0 Å². The van der Waals surface area contributed by atoms with Crippen LogP contribution in [0.25, 0.3) is 0 Å². The maximum atomic E-state index is 12.0. The zero-order valence-electron chi connectivity index (χ0n) is 13.0. The summed E-state index contributed by atoms with van der Waals surface area (Å²) in [7, 11) is 0. The Bertz CT molecular complexity index is 556. The van der Waals surface area contributed by atoms with Crippen LogP contribution in [0.4, 0.5) is 0 Å². The molecule has 0 saturated heterocycles. The van der Waals surface area contributed by atoms with E-state index < -0.39 is 0 Å². The van der Waals surface area contributed by atoms with Gasteiger partial charge in [0.2, 0.25) is 0 Å². The lowest BCUT2D eigenvalue weighted by Crippen LogP contribution is -2.08. The summed E-state index contributed by atoms with van der Waals surface area (Å²) in [6.07, 6.45) is 6.57. The highest BCUT2D eigenvalue weighted by Gasteiger charge is 2.09. The van der Waals surface area contributed by atoms with Crippen molar-refractivity contribution in [2.45, 2.75) is 52.0 Å². The second-order valence-electron chi connectivity index (χ2n) is 5.40. The average Bonchev–Trinajstić information content (AvgIpc) is 2.98. The van der Waals surface area contributed by atoms with Gasteiger partial charge in [-0.3, -0.25) is 9.48 Å². The van der Waals surface area contributed by atoms with E-state index in [0.717, 1.165) is 36.9 Å². The molecule has 0 fully saturated rings. The molecule has 2 rings (SSSR count). The molecule has 0 bridgehead atoms. The SMILES string of the molecule is CCC(CC)n1ccc(CCCC(=O)c2ccccc2)n1. The number of aromatic nitrogens is 2. The van der Waals surface area contributed by atoms with Crippen LogP contribution in [0.15, 0.2) is 42.6 Å². The van der Waals surface area contributed by atoms with Crippen molar-refractivity contribution >= 4 is 5.78 Å². The van der Waals surface area contributed by atoms with Gasteiger partial charge in [0.05, 0.1) is 11.7 Å². The molecular weight excluding hydrogens is 260 g/mol. The van der Waals surface area contributed by atoms with Crippen molar-refractivity contribution in [3.63, 3.8) is 0 Å². The highest BCUT2D eigenvalue weighted by Crippen LogP contribution is 2.15. The summed E-state index contributed by atoms with van der Waals surface area (Å²) in [5, 5.41) is 4.63. The summed E-state index contributed by atoms with van der Waals surface area (Å²) < 4.78 is 2.06. The van der Waals surface area contributed by atoms with Crippen LogP contribution in [0.1, 0.15) is 61.6 Å². The molecule has 3 heteroatoms. The van der Waals surface area contributed by atoms with Crippen LogP contribution >= 0.6 is 0 Å². The number of carbonyl (C=O) groups is 1. The van der Waals surface area contributed by atoms with Crippen molar-refractivity contribution in [1.29, 1.82) is 0 Å². The fraction of sp³-hybridized carbons (Fsp3) is 0.444. The van der Waals surface area contributed by atoms with Crippen molar-refractivity contribution in [3.8, 4) is 0 Å². The molecule has 1 aromatic heterocycles. The van der Waals surface area contributed by atoms with Crippen LogP contribution in [0, 0.1) is 0 Å². The lowest BCUT2D eigenvalue weighted by molar-refractivity contribution is 0.0980. The number of nitrogens with zero attached hydrogens (tertiary/aromatic N) is 2. The summed E-state index contributed by atoms with van der Waals surface area (Å²) in [5.74, 6) is 0.218. The van der Waals surface area contributed by atoms with Crippen molar-refractivity contribution in [1.82, 2.24) is 9.78 Å². The molecule has 0 saturated carbocycles. The Morgan fingerprint density at radius 2 is 1.86 bits per heavy atom. The summed E-state index contributed by atoms with van der Waals surface area (Å²) >= 11 is 0. The molecule has 0 aliphatic heterocycles. The van der Waals surface area contributed by atoms with E-state index in [0.29, 0.717) is 12.5 Å². The second-order valence-corrected chi connectivity index (χ2v) is 5.40. The zero-order valence-corrected chi connectivity index (χ0v) is 13.0. The number of hydrogen-bond acceptors (Lipinski definition) is 2. The van der Waals surface area contributed by atoms with Gasteiger partial charge < -0.3 is 0 Å². The highest BCUT2D eigenvalue weighted by atomic mass is 16.1. The minimum Gasteiger partial charge on any atom is -0.294 e. The Morgan fingerprint density at radius 1 is 1.14 bits per heavy atom. The summed E-state index contributed by atoms with van der Waals surface area (Å²) in [6.45, 7) is 4.38. The smallest absolute Gasteiger partial charge is 0.162 e. The molecule has 0 aliphatic rings. The lowest BCUT2D eigenvalue weighted by Gasteiger charge is -2.12. The van der Waals surface area contributed by atoms with E-state index in [1.807, 2.05) is 30.3 Å². The molecular formula is C18H24N2O. The van der Waals surface area contributed by atoms with E-state index in [-0.39, 0.29) is 5.78 Å². The zero-order chi connectivity index (χ0) is 15.1. The van der Waals surface area contributed by atoms with Crippen molar-refractivity contribution in [3.05, 3.63) is 53.9 Å². The van der Waals surface area contributed by atoms with Gasteiger partial charge in [0.15, 0.2) is 5.78 Å². The van der Waals surface area contributed by atoms with Crippen LogP contribution in [-0.2, 0) is 6.42 Å². The predicted molar refractivity (Wildman–Crippen MR) is 85.6 cm³/mol. The van der Waals surface area contributed by atoms with Crippen LogP contribution in [0.5, 0.6) is 0 Å². The normalized spacial score (nSPS) is 11.0. The molecule has 0 spiro atoms. The molecule has 1 heterocycles. The van der Waals surface area contributed by atoms with Gasteiger partial charge in [-0.05, 0) is 31.7 Å². The van der Waals surface area contributed by atoms with Gasteiger partial charge >= 0.3 is 0 Å². The number of Topliss-reactive ketones (excluding diaryl/α,β-unsaturated/α-hetero) is 1. The minimum atomic E-state index is 0.218. The Kier molecular flexibility index (Phi) is 5.73. The number of hydrogen-bond donors (Lipinski definition) is 0. The number of carbonyl (C=O) groups excluding carboxylic acids is 1. The topological polar surface area (TPSA) is 34.9 Å². The first-order valence-electron chi connectivity index (χ1n) is 7.86. The third-order valence-corrected chi connectivity index (χ3v) is 3.91. The molecule has 0 radical (unpaired) electrons. The molecule has 0 unspecified atom stereocenters. The summed E-state index contributed by atoms with van der Waals surface area (Å²) in [5.41, 5.74) is 1.89. The van der Waals surface area contributed by atoms with Gasteiger partial charge in [-0.15, -0.1) is 0 Å². The molecule has 2 aromatic rings. The predicted octanol–water partition coefficient (Wildman–Crippen LogP) is 4.45. The molecule has 3 nitrogen and oxygen atoms in total. The first-order valence-corrected chi connectivity index (χ1v) is 7.86. The Hall–Kier alpha value is -1.90. The average molecular weight is 284 g/mol. The first-order chi connectivity index (χ1) is 10.2. The van der Waals surface area contributed by atoms with E-state index in [1.54, 1.807) is 0 Å².